The molecule has 14 heteroatoms. The van der Waals surface area contributed by atoms with Gasteiger partial charge in [-0.3, -0.25) is 4.79 Å². The first-order valence-corrected chi connectivity index (χ1v) is 13.8. The standard InChI is InChI=1S/C25H21N3O9S2/c29-24(15-18-6-10-20(11-7-18)36-38(30,31)32)28-25-22(14-17-4-2-1-3-5-17)27-23(16-26-25)19-8-12-21(13-9-19)37-39(33,34)35/h1-13,16H,14-15H2,(H,26,28,29)(H,30,31,32)(H,33,34,35)/p-2. The third-order valence-corrected chi connectivity index (χ3v) is 5.94. The Morgan fingerprint density at radius 3 is 1.90 bits per heavy atom. The van der Waals surface area contributed by atoms with Crippen molar-refractivity contribution in [1.82, 2.24) is 9.97 Å². The van der Waals surface area contributed by atoms with Crippen LogP contribution in [0.5, 0.6) is 11.5 Å². The van der Waals surface area contributed by atoms with Crippen molar-refractivity contribution in [3.05, 3.63) is 102 Å². The number of aromatic nitrogens is 2. The van der Waals surface area contributed by atoms with Gasteiger partial charge in [-0.1, -0.05) is 42.5 Å². The summed E-state index contributed by atoms with van der Waals surface area (Å²) in [5.74, 6) is -0.515. The van der Waals surface area contributed by atoms with Crippen molar-refractivity contribution in [2.75, 3.05) is 5.32 Å². The smallest absolute Gasteiger partial charge is 0.262 e. The summed E-state index contributed by atoms with van der Waals surface area (Å²) < 4.78 is 73.1. The largest absolute Gasteiger partial charge is 0.716 e. The summed E-state index contributed by atoms with van der Waals surface area (Å²) in [7, 11) is -9.81. The fraction of sp³-hybridized carbons (Fsp3) is 0.0800. The van der Waals surface area contributed by atoms with Gasteiger partial charge in [-0.25, -0.2) is 26.8 Å². The molecule has 202 valence electrons. The lowest BCUT2D eigenvalue weighted by Gasteiger charge is -2.13. The average molecular weight is 570 g/mol. The molecule has 0 atom stereocenters. The molecule has 12 nitrogen and oxygen atoms in total. The van der Waals surface area contributed by atoms with Crippen molar-refractivity contribution in [3.63, 3.8) is 0 Å². The molecule has 0 aliphatic rings. The van der Waals surface area contributed by atoms with Crippen LogP contribution in [0.4, 0.5) is 5.82 Å². The number of rotatable bonds is 10. The molecule has 4 rings (SSSR count). The van der Waals surface area contributed by atoms with E-state index in [-0.39, 0.29) is 23.7 Å². The van der Waals surface area contributed by atoms with Gasteiger partial charge in [0, 0.05) is 12.0 Å². The van der Waals surface area contributed by atoms with Crippen molar-refractivity contribution in [2.24, 2.45) is 0 Å². The quantitative estimate of drug-likeness (QED) is 0.218. The van der Waals surface area contributed by atoms with Crippen LogP contribution >= 0.6 is 0 Å². The lowest BCUT2D eigenvalue weighted by Crippen LogP contribution is -2.17. The highest BCUT2D eigenvalue weighted by Crippen LogP contribution is 2.24. The first-order chi connectivity index (χ1) is 18.4. The molecule has 1 aromatic heterocycles. The number of carbonyl (C=O) groups excluding carboxylic acids is 1. The summed E-state index contributed by atoms with van der Waals surface area (Å²) in [6.07, 6.45) is 1.69. The molecule has 39 heavy (non-hydrogen) atoms. The van der Waals surface area contributed by atoms with Gasteiger partial charge in [0.25, 0.3) is 20.8 Å². The highest BCUT2D eigenvalue weighted by molar-refractivity contribution is 7.81. The zero-order valence-corrected chi connectivity index (χ0v) is 21.5. The molecule has 0 unspecified atom stereocenters. The van der Waals surface area contributed by atoms with Crippen LogP contribution in [-0.2, 0) is 38.4 Å². The minimum Gasteiger partial charge on any atom is -0.716 e. The van der Waals surface area contributed by atoms with Gasteiger partial charge < -0.3 is 22.8 Å². The fourth-order valence-electron chi connectivity index (χ4n) is 3.52. The third kappa shape index (κ3) is 8.58. The summed E-state index contributed by atoms with van der Waals surface area (Å²) in [4.78, 5) is 21.8. The number of amides is 1. The Labute approximate surface area is 224 Å². The van der Waals surface area contributed by atoms with Crippen molar-refractivity contribution >= 4 is 32.5 Å². The molecular formula is C25H19N3O9S2-2. The zero-order valence-electron chi connectivity index (χ0n) is 19.9. The third-order valence-electron chi connectivity index (χ3n) is 5.15. The van der Waals surface area contributed by atoms with Crippen LogP contribution in [0.3, 0.4) is 0 Å². The second-order valence-corrected chi connectivity index (χ2v) is 10.1. The van der Waals surface area contributed by atoms with E-state index in [1.54, 1.807) is 0 Å². The number of benzene rings is 3. The van der Waals surface area contributed by atoms with E-state index in [1.807, 2.05) is 30.3 Å². The van der Waals surface area contributed by atoms with Crippen molar-refractivity contribution in [3.8, 4) is 22.8 Å². The Bertz CT molecular complexity index is 1680. The van der Waals surface area contributed by atoms with Gasteiger partial charge in [0.1, 0.15) is 11.5 Å². The van der Waals surface area contributed by atoms with E-state index in [0.29, 0.717) is 28.9 Å². The minimum absolute atomic E-state index is 0.0807. The number of nitrogens with zero attached hydrogens (tertiary/aromatic N) is 2. The lowest BCUT2D eigenvalue weighted by molar-refractivity contribution is -0.115. The summed E-state index contributed by atoms with van der Waals surface area (Å²) in [5.41, 5.74) is 2.89. The van der Waals surface area contributed by atoms with Gasteiger partial charge in [0.2, 0.25) is 5.91 Å². The molecule has 0 spiro atoms. The molecule has 1 amide bonds. The van der Waals surface area contributed by atoms with E-state index < -0.39 is 26.7 Å². The Kier molecular flexibility index (Phi) is 8.21. The van der Waals surface area contributed by atoms with Crippen LogP contribution in [0, 0.1) is 0 Å². The first-order valence-electron chi connectivity index (χ1n) is 11.1. The van der Waals surface area contributed by atoms with Gasteiger partial charge in [-0.15, -0.1) is 0 Å². The Morgan fingerprint density at radius 2 is 1.33 bits per heavy atom. The molecular weight excluding hydrogens is 550 g/mol. The SMILES string of the molecule is O=C(Cc1ccc(OS(=O)(=O)[O-])cc1)Nc1ncc(-c2ccc(OS(=O)(=O)[O-])cc2)nc1Cc1ccccc1. The molecule has 0 fully saturated rings. The van der Waals surface area contributed by atoms with Gasteiger partial charge in [0.05, 0.1) is 24.0 Å². The second kappa shape index (κ2) is 11.6. The van der Waals surface area contributed by atoms with E-state index in [4.69, 9.17) is 0 Å². The molecule has 1 heterocycles. The Hall–Kier alpha value is -4.37. The van der Waals surface area contributed by atoms with Crippen molar-refractivity contribution < 1.29 is 39.1 Å². The summed E-state index contributed by atoms with van der Waals surface area (Å²) in [6, 6.07) is 20.4. The number of carbonyl (C=O) groups is 1. The van der Waals surface area contributed by atoms with Gasteiger partial charge in [-0.2, -0.15) is 0 Å². The van der Waals surface area contributed by atoms with Gasteiger partial charge in [0.15, 0.2) is 5.82 Å². The van der Waals surface area contributed by atoms with E-state index in [0.717, 1.165) is 5.56 Å². The molecule has 0 aliphatic heterocycles. The zero-order chi connectivity index (χ0) is 28.0. The maximum Gasteiger partial charge on any atom is 0.262 e. The van der Waals surface area contributed by atoms with Crippen LogP contribution in [0.2, 0.25) is 0 Å². The molecule has 3 aromatic carbocycles. The summed E-state index contributed by atoms with van der Waals surface area (Å²) in [5, 5.41) is 2.73. The lowest BCUT2D eigenvalue weighted by atomic mass is 10.1. The monoisotopic (exact) mass is 569 g/mol. The van der Waals surface area contributed by atoms with Crippen molar-refractivity contribution in [2.45, 2.75) is 12.8 Å². The Morgan fingerprint density at radius 1 is 0.769 bits per heavy atom. The molecule has 0 radical (unpaired) electrons. The molecule has 4 aromatic rings. The van der Waals surface area contributed by atoms with Crippen LogP contribution in [-0.4, -0.2) is 41.8 Å². The number of anilines is 1. The van der Waals surface area contributed by atoms with Crippen LogP contribution in [0.15, 0.2) is 85.1 Å². The topological polar surface area (TPSA) is 188 Å². The number of hydrogen-bond donors (Lipinski definition) is 1. The molecule has 0 saturated heterocycles. The fourth-order valence-corrected chi connectivity index (χ4v) is 4.22. The summed E-state index contributed by atoms with van der Waals surface area (Å²) >= 11 is 0. The van der Waals surface area contributed by atoms with Crippen LogP contribution in [0.25, 0.3) is 11.3 Å². The minimum atomic E-state index is -4.91. The molecule has 1 N–H and O–H groups in total. The normalized spacial score (nSPS) is 11.5. The number of hydrogen-bond acceptors (Lipinski definition) is 11. The highest BCUT2D eigenvalue weighted by Gasteiger charge is 2.14. The van der Waals surface area contributed by atoms with E-state index in [1.165, 1.54) is 54.7 Å². The predicted octanol–water partition coefficient (Wildman–Crippen LogP) is 2.59. The molecule has 0 saturated carbocycles. The molecule has 0 aliphatic carbocycles. The highest BCUT2D eigenvalue weighted by atomic mass is 32.3. The number of nitrogens with one attached hydrogen (secondary N) is 1. The van der Waals surface area contributed by atoms with Crippen LogP contribution < -0.4 is 13.7 Å². The first kappa shape index (κ1) is 27.7. The average Bonchev–Trinajstić information content (AvgIpc) is 2.86. The summed E-state index contributed by atoms with van der Waals surface area (Å²) in [6.45, 7) is 0. The van der Waals surface area contributed by atoms with E-state index in [2.05, 4.69) is 23.7 Å². The predicted molar refractivity (Wildman–Crippen MR) is 136 cm³/mol. The van der Waals surface area contributed by atoms with Crippen LogP contribution in [0.1, 0.15) is 16.8 Å². The maximum atomic E-state index is 12.8. The Balaban J connectivity index is 1.55. The van der Waals surface area contributed by atoms with E-state index in [9.17, 15) is 30.7 Å². The second-order valence-electron chi connectivity index (χ2n) is 8.09. The maximum absolute atomic E-state index is 12.8. The van der Waals surface area contributed by atoms with E-state index >= 15 is 0 Å². The molecule has 0 bridgehead atoms. The van der Waals surface area contributed by atoms with Crippen molar-refractivity contribution in [1.29, 1.82) is 0 Å². The van der Waals surface area contributed by atoms with Gasteiger partial charge >= 0.3 is 0 Å². The van der Waals surface area contributed by atoms with Gasteiger partial charge in [-0.05, 0) is 47.5 Å².